The van der Waals surface area contributed by atoms with Crippen LogP contribution in [0.25, 0.3) is 0 Å². The van der Waals surface area contributed by atoms with Crippen LogP contribution >= 0.6 is 0 Å². The Balaban J connectivity index is 1.95. The molecule has 0 saturated carbocycles. The zero-order valence-corrected chi connectivity index (χ0v) is 10.8. The molecule has 2 aromatic rings. The number of ether oxygens (including phenoxy) is 1. The van der Waals surface area contributed by atoms with Gasteiger partial charge in [-0.05, 0) is 12.1 Å². The molecule has 1 aromatic heterocycles. The zero-order chi connectivity index (χ0) is 13.1. The van der Waals surface area contributed by atoms with E-state index in [0.717, 1.165) is 48.0 Å². The summed E-state index contributed by atoms with van der Waals surface area (Å²) in [7, 11) is 1.66. The molecule has 3 rings (SSSR count). The Kier molecular flexibility index (Phi) is 3.29. The summed E-state index contributed by atoms with van der Waals surface area (Å²) >= 11 is 0. The van der Waals surface area contributed by atoms with Gasteiger partial charge in [-0.15, -0.1) is 0 Å². The predicted octanol–water partition coefficient (Wildman–Crippen LogP) is 1.87. The molecule has 0 fully saturated rings. The monoisotopic (exact) mass is 256 g/mol. The van der Waals surface area contributed by atoms with E-state index in [1.165, 1.54) is 0 Å². The fraction of sp³-hybridized carbons (Fsp3) is 0.286. The second-order valence-electron chi connectivity index (χ2n) is 4.40. The largest absolute Gasteiger partial charge is 0.495 e. The number of anilines is 2. The molecule has 0 saturated heterocycles. The average molecular weight is 256 g/mol. The van der Waals surface area contributed by atoms with E-state index < -0.39 is 0 Å². The summed E-state index contributed by atoms with van der Waals surface area (Å²) in [4.78, 5) is 8.69. The van der Waals surface area contributed by atoms with Gasteiger partial charge in [-0.2, -0.15) is 0 Å². The quantitative estimate of drug-likeness (QED) is 0.878. The molecule has 0 aliphatic carbocycles. The van der Waals surface area contributed by atoms with Gasteiger partial charge in [0.15, 0.2) is 0 Å². The van der Waals surface area contributed by atoms with E-state index >= 15 is 0 Å². The van der Waals surface area contributed by atoms with Crippen molar-refractivity contribution in [2.45, 2.75) is 13.0 Å². The maximum absolute atomic E-state index is 5.34. The van der Waals surface area contributed by atoms with E-state index in [-0.39, 0.29) is 0 Å². The van der Waals surface area contributed by atoms with E-state index in [1.54, 1.807) is 13.4 Å². The normalized spacial score (nSPS) is 13.7. The molecule has 2 heterocycles. The van der Waals surface area contributed by atoms with Crippen LogP contribution in [0.15, 0.2) is 30.6 Å². The Bertz CT molecular complexity index is 585. The van der Waals surface area contributed by atoms with Gasteiger partial charge in [-0.1, -0.05) is 12.1 Å². The minimum absolute atomic E-state index is 0.799. The van der Waals surface area contributed by atoms with Crippen molar-refractivity contribution in [2.24, 2.45) is 0 Å². The second kappa shape index (κ2) is 5.24. The van der Waals surface area contributed by atoms with Gasteiger partial charge in [0, 0.05) is 25.1 Å². The van der Waals surface area contributed by atoms with Crippen molar-refractivity contribution in [1.82, 2.24) is 15.3 Å². The Hall–Kier alpha value is -2.14. The summed E-state index contributed by atoms with van der Waals surface area (Å²) < 4.78 is 5.34. The zero-order valence-electron chi connectivity index (χ0n) is 10.8. The van der Waals surface area contributed by atoms with E-state index in [0.29, 0.717) is 0 Å². The SMILES string of the molecule is COc1ccccc1Nc1ncnc2c1CNCC2. The fourth-order valence-corrected chi connectivity index (χ4v) is 2.25. The summed E-state index contributed by atoms with van der Waals surface area (Å²) in [5.41, 5.74) is 3.17. The van der Waals surface area contributed by atoms with Crippen molar-refractivity contribution in [2.75, 3.05) is 19.0 Å². The van der Waals surface area contributed by atoms with Gasteiger partial charge in [0.25, 0.3) is 0 Å². The molecular formula is C14H16N4O. The summed E-state index contributed by atoms with van der Waals surface area (Å²) in [6.45, 7) is 1.77. The average Bonchev–Trinajstić information content (AvgIpc) is 2.48. The molecule has 0 unspecified atom stereocenters. The number of fused-ring (bicyclic) bond motifs is 1. The van der Waals surface area contributed by atoms with Crippen LogP contribution in [0.2, 0.25) is 0 Å². The van der Waals surface area contributed by atoms with Crippen molar-refractivity contribution in [3.05, 3.63) is 41.9 Å². The maximum atomic E-state index is 5.34. The number of aromatic nitrogens is 2. The van der Waals surface area contributed by atoms with Crippen LogP contribution in [0.5, 0.6) is 5.75 Å². The lowest BCUT2D eigenvalue weighted by Gasteiger charge is -2.19. The van der Waals surface area contributed by atoms with Crippen molar-refractivity contribution in [1.29, 1.82) is 0 Å². The molecule has 5 nitrogen and oxygen atoms in total. The maximum Gasteiger partial charge on any atom is 0.142 e. The van der Waals surface area contributed by atoms with Gasteiger partial charge in [0.05, 0.1) is 18.5 Å². The molecule has 0 amide bonds. The molecule has 1 aliphatic rings. The molecule has 0 atom stereocenters. The first-order valence-corrected chi connectivity index (χ1v) is 6.32. The highest BCUT2D eigenvalue weighted by atomic mass is 16.5. The molecular weight excluding hydrogens is 240 g/mol. The number of para-hydroxylation sites is 2. The number of methoxy groups -OCH3 is 1. The standard InChI is InChI=1S/C14H16N4O/c1-19-13-5-3-2-4-12(13)18-14-10-8-15-7-6-11(10)16-9-17-14/h2-5,9,15H,6-8H2,1H3,(H,16,17,18). The summed E-state index contributed by atoms with van der Waals surface area (Å²) in [5.74, 6) is 1.65. The fourth-order valence-electron chi connectivity index (χ4n) is 2.25. The van der Waals surface area contributed by atoms with Crippen LogP contribution in [-0.4, -0.2) is 23.6 Å². The Labute approximate surface area is 112 Å². The summed E-state index contributed by atoms with van der Waals surface area (Å²) in [6.07, 6.45) is 2.56. The molecule has 2 N–H and O–H groups in total. The van der Waals surface area contributed by atoms with Crippen molar-refractivity contribution in [3.8, 4) is 5.75 Å². The highest BCUT2D eigenvalue weighted by Crippen LogP contribution is 2.28. The molecule has 5 heteroatoms. The molecule has 0 radical (unpaired) electrons. The van der Waals surface area contributed by atoms with Crippen molar-refractivity contribution >= 4 is 11.5 Å². The number of benzene rings is 1. The van der Waals surface area contributed by atoms with Crippen molar-refractivity contribution in [3.63, 3.8) is 0 Å². The lowest BCUT2D eigenvalue weighted by atomic mass is 10.1. The first kappa shape index (κ1) is 11.9. The Morgan fingerprint density at radius 3 is 3.05 bits per heavy atom. The number of rotatable bonds is 3. The summed E-state index contributed by atoms with van der Waals surface area (Å²) in [5, 5.41) is 6.68. The van der Waals surface area contributed by atoms with Gasteiger partial charge in [-0.3, -0.25) is 0 Å². The minimum atomic E-state index is 0.799. The van der Waals surface area contributed by atoms with Gasteiger partial charge in [0.2, 0.25) is 0 Å². The van der Waals surface area contributed by atoms with Crippen molar-refractivity contribution < 1.29 is 4.74 Å². The van der Waals surface area contributed by atoms with E-state index in [1.807, 2.05) is 24.3 Å². The molecule has 1 aromatic carbocycles. The molecule has 98 valence electrons. The van der Waals surface area contributed by atoms with Crippen LogP contribution in [-0.2, 0) is 13.0 Å². The highest BCUT2D eigenvalue weighted by molar-refractivity contribution is 5.66. The molecule has 1 aliphatic heterocycles. The molecule has 0 bridgehead atoms. The molecule has 19 heavy (non-hydrogen) atoms. The third-order valence-electron chi connectivity index (χ3n) is 3.24. The van der Waals surface area contributed by atoms with E-state index in [9.17, 15) is 0 Å². The lowest BCUT2D eigenvalue weighted by Crippen LogP contribution is -2.25. The van der Waals surface area contributed by atoms with E-state index in [2.05, 4.69) is 20.6 Å². The van der Waals surface area contributed by atoms with Crippen LogP contribution in [0, 0.1) is 0 Å². The van der Waals surface area contributed by atoms with Gasteiger partial charge < -0.3 is 15.4 Å². The van der Waals surface area contributed by atoms with E-state index in [4.69, 9.17) is 4.74 Å². The van der Waals surface area contributed by atoms with Crippen LogP contribution in [0.4, 0.5) is 11.5 Å². The van der Waals surface area contributed by atoms with Gasteiger partial charge in [0.1, 0.15) is 17.9 Å². The lowest BCUT2D eigenvalue weighted by molar-refractivity contribution is 0.417. The molecule has 0 spiro atoms. The first-order chi connectivity index (χ1) is 9.38. The first-order valence-electron chi connectivity index (χ1n) is 6.32. The Morgan fingerprint density at radius 2 is 2.16 bits per heavy atom. The topological polar surface area (TPSA) is 59.1 Å². The minimum Gasteiger partial charge on any atom is -0.495 e. The number of hydrogen-bond donors (Lipinski definition) is 2. The highest BCUT2D eigenvalue weighted by Gasteiger charge is 2.15. The van der Waals surface area contributed by atoms with Gasteiger partial charge in [-0.25, -0.2) is 9.97 Å². The smallest absolute Gasteiger partial charge is 0.142 e. The van der Waals surface area contributed by atoms with Crippen LogP contribution < -0.4 is 15.4 Å². The Morgan fingerprint density at radius 1 is 1.26 bits per heavy atom. The number of nitrogens with zero attached hydrogens (tertiary/aromatic N) is 2. The second-order valence-corrected chi connectivity index (χ2v) is 4.40. The summed E-state index contributed by atoms with van der Waals surface area (Å²) in [6, 6.07) is 7.82. The number of hydrogen-bond acceptors (Lipinski definition) is 5. The van der Waals surface area contributed by atoms with Crippen LogP contribution in [0.3, 0.4) is 0 Å². The predicted molar refractivity (Wildman–Crippen MR) is 73.7 cm³/mol. The van der Waals surface area contributed by atoms with Gasteiger partial charge >= 0.3 is 0 Å². The third-order valence-corrected chi connectivity index (χ3v) is 3.24. The third kappa shape index (κ3) is 2.37. The van der Waals surface area contributed by atoms with Crippen LogP contribution in [0.1, 0.15) is 11.3 Å². The number of nitrogens with one attached hydrogen (secondary N) is 2.